The first-order chi connectivity index (χ1) is 9.72. The van der Waals surface area contributed by atoms with E-state index in [1.54, 1.807) is 0 Å². The molecule has 0 saturated carbocycles. The van der Waals surface area contributed by atoms with Crippen molar-refractivity contribution >= 4 is 22.5 Å². The molecule has 1 atom stereocenters. The molecule has 0 spiro atoms. The minimum absolute atomic E-state index is 0.0586. The smallest absolute Gasteiger partial charge is 0.0720 e. The van der Waals surface area contributed by atoms with Crippen molar-refractivity contribution in [2.45, 2.75) is 32.2 Å². The van der Waals surface area contributed by atoms with Gasteiger partial charge >= 0.3 is 0 Å². The Bertz CT molecular complexity index is 556. The molecule has 0 fully saturated rings. The van der Waals surface area contributed by atoms with E-state index in [-0.39, 0.29) is 6.04 Å². The summed E-state index contributed by atoms with van der Waals surface area (Å²) < 4.78 is 0. The van der Waals surface area contributed by atoms with Gasteiger partial charge in [0.05, 0.1) is 5.52 Å². The third kappa shape index (κ3) is 3.92. The van der Waals surface area contributed by atoms with Gasteiger partial charge in [0.1, 0.15) is 0 Å². The highest BCUT2D eigenvalue weighted by Gasteiger charge is 2.10. The van der Waals surface area contributed by atoms with E-state index in [0.29, 0.717) is 5.02 Å². The zero-order valence-corrected chi connectivity index (χ0v) is 12.7. The second-order valence-corrected chi connectivity index (χ2v) is 5.45. The molecule has 3 nitrogen and oxygen atoms in total. The Hall–Kier alpha value is -1.16. The molecule has 108 valence electrons. The number of aromatic nitrogens is 1. The van der Waals surface area contributed by atoms with E-state index < -0.39 is 0 Å². The second kappa shape index (κ2) is 7.58. The fraction of sp³-hybridized carbons (Fsp3) is 0.438. The number of benzene rings is 1. The number of pyridine rings is 1. The molecule has 0 amide bonds. The van der Waals surface area contributed by atoms with E-state index in [4.69, 9.17) is 17.3 Å². The van der Waals surface area contributed by atoms with Crippen LogP contribution >= 0.6 is 11.6 Å². The molecule has 1 heterocycles. The zero-order valence-electron chi connectivity index (χ0n) is 11.9. The number of fused-ring (bicyclic) bond motifs is 1. The van der Waals surface area contributed by atoms with Gasteiger partial charge in [0.15, 0.2) is 0 Å². The van der Waals surface area contributed by atoms with Gasteiger partial charge in [-0.05, 0) is 49.7 Å². The molecule has 0 radical (unpaired) electrons. The van der Waals surface area contributed by atoms with Crippen LogP contribution in [0.1, 0.15) is 37.8 Å². The largest absolute Gasteiger partial charge is 0.324 e. The second-order valence-electron chi connectivity index (χ2n) is 5.02. The van der Waals surface area contributed by atoms with Crippen LogP contribution in [0.15, 0.2) is 30.5 Å². The fourth-order valence-electron chi connectivity index (χ4n) is 2.41. The number of hydrogen-bond donors (Lipinski definition) is 2. The third-order valence-electron chi connectivity index (χ3n) is 3.51. The van der Waals surface area contributed by atoms with Crippen molar-refractivity contribution in [3.8, 4) is 0 Å². The summed E-state index contributed by atoms with van der Waals surface area (Å²) in [5.74, 6) is 0. The molecular weight excluding hydrogens is 270 g/mol. The van der Waals surface area contributed by atoms with Crippen LogP contribution in [0.4, 0.5) is 0 Å². The molecule has 0 saturated heterocycles. The lowest BCUT2D eigenvalue weighted by Crippen LogP contribution is -2.15. The van der Waals surface area contributed by atoms with Gasteiger partial charge in [-0.3, -0.25) is 4.98 Å². The number of nitrogens with one attached hydrogen (secondary N) is 1. The molecule has 20 heavy (non-hydrogen) atoms. The summed E-state index contributed by atoms with van der Waals surface area (Å²) in [5, 5.41) is 5.15. The summed E-state index contributed by atoms with van der Waals surface area (Å²) >= 11 is 6.00. The number of halogens is 1. The molecule has 1 aromatic heterocycles. The van der Waals surface area contributed by atoms with Crippen LogP contribution in [0.25, 0.3) is 10.9 Å². The lowest BCUT2D eigenvalue weighted by molar-refractivity contribution is 0.564. The van der Waals surface area contributed by atoms with Crippen LogP contribution in [0.2, 0.25) is 5.02 Å². The van der Waals surface area contributed by atoms with Gasteiger partial charge in [0.2, 0.25) is 0 Å². The number of nitrogens with zero attached hydrogens (tertiary/aromatic N) is 1. The summed E-state index contributed by atoms with van der Waals surface area (Å²) in [6.45, 7) is 4.22. The Labute approximate surface area is 125 Å². The van der Waals surface area contributed by atoms with Crippen LogP contribution in [0, 0.1) is 0 Å². The summed E-state index contributed by atoms with van der Waals surface area (Å²) in [5.41, 5.74) is 8.41. The Balaban J connectivity index is 2.04. The van der Waals surface area contributed by atoms with Gasteiger partial charge in [0.25, 0.3) is 0 Å². The molecule has 2 rings (SSSR count). The van der Waals surface area contributed by atoms with Crippen molar-refractivity contribution in [3.05, 3.63) is 41.0 Å². The van der Waals surface area contributed by atoms with E-state index in [2.05, 4.69) is 17.2 Å². The Morgan fingerprint density at radius 2 is 2.15 bits per heavy atom. The Morgan fingerprint density at radius 3 is 2.95 bits per heavy atom. The van der Waals surface area contributed by atoms with Crippen molar-refractivity contribution in [3.63, 3.8) is 0 Å². The highest BCUT2D eigenvalue weighted by atomic mass is 35.5. The van der Waals surface area contributed by atoms with Crippen molar-refractivity contribution in [1.82, 2.24) is 10.3 Å². The van der Waals surface area contributed by atoms with E-state index >= 15 is 0 Å². The van der Waals surface area contributed by atoms with Gasteiger partial charge in [-0.1, -0.05) is 31.0 Å². The minimum Gasteiger partial charge on any atom is -0.324 e. The molecule has 0 aliphatic heterocycles. The summed E-state index contributed by atoms with van der Waals surface area (Å²) in [6, 6.07) is 7.87. The highest BCUT2D eigenvalue weighted by molar-refractivity contribution is 6.31. The summed E-state index contributed by atoms with van der Waals surface area (Å²) in [6.07, 6.45) is 5.10. The molecule has 4 heteroatoms. The minimum atomic E-state index is 0.0586. The van der Waals surface area contributed by atoms with E-state index in [0.717, 1.165) is 48.8 Å². The first-order valence-electron chi connectivity index (χ1n) is 7.23. The quantitative estimate of drug-likeness (QED) is 0.765. The lowest BCUT2D eigenvalue weighted by Gasteiger charge is -2.14. The van der Waals surface area contributed by atoms with E-state index in [1.807, 2.05) is 30.5 Å². The Kier molecular flexibility index (Phi) is 5.77. The van der Waals surface area contributed by atoms with Gasteiger partial charge < -0.3 is 11.1 Å². The van der Waals surface area contributed by atoms with Crippen molar-refractivity contribution in [2.75, 3.05) is 13.1 Å². The summed E-state index contributed by atoms with van der Waals surface area (Å²) in [4.78, 5) is 4.36. The lowest BCUT2D eigenvalue weighted by atomic mass is 9.98. The maximum atomic E-state index is 6.33. The van der Waals surface area contributed by atoms with Gasteiger partial charge in [-0.2, -0.15) is 0 Å². The first-order valence-corrected chi connectivity index (χ1v) is 7.60. The SMILES string of the molecule is CCNCCCCC(N)c1ccnc2cc(Cl)ccc12. The predicted octanol–water partition coefficient (Wildman–Crippen LogP) is 3.67. The van der Waals surface area contributed by atoms with Crippen LogP contribution < -0.4 is 11.1 Å². The predicted molar refractivity (Wildman–Crippen MR) is 86.1 cm³/mol. The van der Waals surface area contributed by atoms with Gasteiger partial charge in [-0.25, -0.2) is 0 Å². The molecule has 1 aromatic carbocycles. The molecule has 0 aliphatic rings. The molecular formula is C16H22ClN3. The van der Waals surface area contributed by atoms with Crippen molar-refractivity contribution in [2.24, 2.45) is 5.73 Å². The van der Waals surface area contributed by atoms with Crippen LogP contribution in [0.5, 0.6) is 0 Å². The van der Waals surface area contributed by atoms with E-state index in [9.17, 15) is 0 Å². The summed E-state index contributed by atoms with van der Waals surface area (Å²) in [7, 11) is 0. The maximum absolute atomic E-state index is 6.33. The highest BCUT2D eigenvalue weighted by Crippen LogP contribution is 2.26. The average molecular weight is 292 g/mol. The van der Waals surface area contributed by atoms with Gasteiger partial charge in [-0.15, -0.1) is 0 Å². The molecule has 0 bridgehead atoms. The Morgan fingerprint density at radius 1 is 1.30 bits per heavy atom. The van der Waals surface area contributed by atoms with E-state index in [1.165, 1.54) is 0 Å². The standard InChI is InChI=1S/C16H22ClN3/c1-2-19-9-4-3-5-15(18)13-8-10-20-16-11-12(17)6-7-14(13)16/h6-8,10-11,15,19H,2-5,9,18H2,1H3. The van der Waals surface area contributed by atoms with Crippen molar-refractivity contribution < 1.29 is 0 Å². The number of hydrogen-bond acceptors (Lipinski definition) is 3. The maximum Gasteiger partial charge on any atom is 0.0720 e. The first kappa shape index (κ1) is 15.2. The van der Waals surface area contributed by atoms with Crippen LogP contribution in [-0.4, -0.2) is 18.1 Å². The number of unbranched alkanes of at least 4 members (excludes halogenated alkanes) is 1. The topological polar surface area (TPSA) is 50.9 Å². The average Bonchev–Trinajstić information content (AvgIpc) is 2.46. The normalized spacial score (nSPS) is 12.8. The van der Waals surface area contributed by atoms with Gasteiger partial charge in [0, 0.05) is 22.6 Å². The number of rotatable bonds is 7. The van der Waals surface area contributed by atoms with Crippen LogP contribution in [-0.2, 0) is 0 Å². The number of nitrogens with two attached hydrogens (primary N) is 1. The van der Waals surface area contributed by atoms with Crippen LogP contribution in [0.3, 0.4) is 0 Å². The monoisotopic (exact) mass is 291 g/mol. The molecule has 1 unspecified atom stereocenters. The van der Waals surface area contributed by atoms with Crippen molar-refractivity contribution in [1.29, 1.82) is 0 Å². The third-order valence-corrected chi connectivity index (χ3v) is 3.74. The molecule has 3 N–H and O–H groups in total. The zero-order chi connectivity index (χ0) is 14.4. The molecule has 2 aromatic rings. The molecule has 0 aliphatic carbocycles. The fourth-order valence-corrected chi connectivity index (χ4v) is 2.58.